The maximum Gasteiger partial charge on any atom is 0.303 e. The Labute approximate surface area is 156 Å². The van der Waals surface area contributed by atoms with E-state index in [9.17, 15) is 13.6 Å². The Morgan fingerprint density at radius 3 is 2.56 bits per heavy atom. The van der Waals surface area contributed by atoms with E-state index in [0.29, 0.717) is 29.9 Å². The lowest BCUT2D eigenvalue weighted by Gasteiger charge is -2.32. The summed E-state index contributed by atoms with van der Waals surface area (Å²) in [6.45, 7) is 1.25. The van der Waals surface area contributed by atoms with E-state index in [4.69, 9.17) is 5.11 Å². The average molecular weight is 378 g/mol. The summed E-state index contributed by atoms with van der Waals surface area (Å²) >= 11 is 0. The molecule has 0 unspecified atom stereocenters. The number of piperidine rings is 1. The van der Waals surface area contributed by atoms with Crippen molar-refractivity contribution < 1.29 is 18.7 Å². The highest BCUT2D eigenvalue weighted by atomic mass is 19.3. The molecular weight excluding hydrogens is 354 g/mol. The van der Waals surface area contributed by atoms with Gasteiger partial charge in [-0.15, -0.1) is 0 Å². The Morgan fingerprint density at radius 1 is 1.22 bits per heavy atom. The number of alkyl halides is 2. The highest BCUT2D eigenvalue weighted by Crippen LogP contribution is 2.35. The number of rotatable bonds is 5. The number of hydrogen-bond donors (Lipinski definition) is 1. The molecule has 3 heterocycles. The Kier molecular flexibility index (Phi) is 4.97. The molecule has 4 rings (SSSR count). The number of anilines is 1. The Balaban J connectivity index is 1.60. The number of halogens is 2. The number of aliphatic carboxylic acids is 1. The van der Waals surface area contributed by atoms with Crippen molar-refractivity contribution >= 4 is 22.8 Å². The fourth-order valence-corrected chi connectivity index (χ4v) is 4.34. The van der Waals surface area contributed by atoms with E-state index in [1.807, 2.05) is 9.58 Å². The van der Waals surface area contributed by atoms with Crippen LogP contribution in [0.15, 0.2) is 12.3 Å². The van der Waals surface area contributed by atoms with Crippen LogP contribution in [0.5, 0.6) is 0 Å². The van der Waals surface area contributed by atoms with E-state index in [1.165, 1.54) is 6.07 Å². The molecule has 0 aromatic carbocycles. The first kappa shape index (κ1) is 18.1. The van der Waals surface area contributed by atoms with Gasteiger partial charge in [0.1, 0.15) is 5.82 Å². The zero-order chi connectivity index (χ0) is 19.0. The average Bonchev–Trinajstić information content (AvgIpc) is 3.30. The largest absolute Gasteiger partial charge is 0.481 e. The van der Waals surface area contributed by atoms with Gasteiger partial charge in [0.05, 0.1) is 6.04 Å². The molecule has 0 atom stereocenters. The predicted molar refractivity (Wildman–Crippen MR) is 97.2 cm³/mol. The van der Waals surface area contributed by atoms with Crippen LogP contribution in [-0.2, 0) is 4.79 Å². The smallest absolute Gasteiger partial charge is 0.303 e. The number of carbonyl (C=O) groups is 1. The van der Waals surface area contributed by atoms with Gasteiger partial charge in [-0.25, -0.2) is 13.8 Å². The van der Waals surface area contributed by atoms with Crippen molar-refractivity contribution in [2.75, 3.05) is 18.0 Å². The lowest BCUT2D eigenvalue weighted by molar-refractivity contribution is -0.138. The molecule has 6 nitrogen and oxygen atoms in total. The second kappa shape index (κ2) is 7.40. The highest BCUT2D eigenvalue weighted by Gasteiger charge is 2.26. The van der Waals surface area contributed by atoms with E-state index in [-0.39, 0.29) is 23.9 Å². The van der Waals surface area contributed by atoms with Gasteiger partial charge < -0.3 is 10.0 Å². The van der Waals surface area contributed by atoms with Crippen LogP contribution in [0, 0.1) is 5.92 Å². The first-order valence-corrected chi connectivity index (χ1v) is 9.66. The van der Waals surface area contributed by atoms with Crippen LogP contribution in [0.1, 0.15) is 63.0 Å². The molecule has 1 saturated carbocycles. The third kappa shape index (κ3) is 3.75. The van der Waals surface area contributed by atoms with Gasteiger partial charge in [-0.2, -0.15) is 5.10 Å². The molecule has 1 saturated heterocycles. The van der Waals surface area contributed by atoms with Gasteiger partial charge in [-0.3, -0.25) is 9.48 Å². The third-order valence-corrected chi connectivity index (χ3v) is 5.86. The van der Waals surface area contributed by atoms with Crippen molar-refractivity contribution in [3.8, 4) is 0 Å². The SMILES string of the molecule is O=C(O)CC1CCN(c2cc(C(F)F)c3cn(C4CCCC4)nc3n2)CC1. The standard InChI is InChI=1S/C19H24F2N4O2/c20-18(21)14-10-16(24-7-5-12(6-8-24)9-17(26)27)22-19-15(14)11-25(23-19)13-3-1-2-4-13/h10-13,18H,1-9H2,(H,26,27). The van der Waals surface area contributed by atoms with Crippen LogP contribution in [0.25, 0.3) is 11.0 Å². The number of hydrogen-bond acceptors (Lipinski definition) is 4. The van der Waals surface area contributed by atoms with Crippen LogP contribution in [0.2, 0.25) is 0 Å². The van der Waals surface area contributed by atoms with Gasteiger partial charge in [0.2, 0.25) is 0 Å². The summed E-state index contributed by atoms with van der Waals surface area (Å²) in [6, 6.07) is 1.76. The molecule has 0 spiro atoms. The van der Waals surface area contributed by atoms with E-state index in [0.717, 1.165) is 38.5 Å². The van der Waals surface area contributed by atoms with E-state index >= 15 is 0 Å². The van der Waals surface area contributed by atoms with Crippen molar-refractivity contribution in [3.63, 3.8) is 0 Å². The molecule has 146 valence electrons. The molecule has 0 radical (unpaired) electrons. The third-order valence-electron chi connectivity index (χ3n) is 5.86. The molecule has 2 aromatic heterocycles. The quantitative estimate of drug-likeness (QED) is 0.845. The molecule has 0 amide bonds. The summed E-state index contributed by atoms with van der Waals surface area (Å²) in [7, 11) is 0. The summed E-state index contributed by atoms with van der Waals surface area (Å²) < 4.78 is 29.2. The normalized spacial score (nSPS) is 19.4. The minimum atomic E-state index is -2.58. The van der Waals surface area contributed by atoms with Gasteiger partial charge in [0.15, 0.2) is 5.65 Å². The monoisotopic (exact) mass is 378 g/mol. The minimum absolute atomic E-state index is 0.0214. The van der Waals surface area contributed by atoms with E-state index in [2.05, 4.69) is 10.1 Å². The van der Waals surface area contributed by atoms with E-state index in [1.54, 1.807) is 6.20 Å². The maximum atomic E-state index is 13.7. The van der Waals surface area contributed by atoms with Gasteiger partial charge in [-0.05, 0) is 37.7 Å². The van der Waals surface area contributed by atoms with Crippen LogP contribution in [-0.4, -0.2) is 38.9 Å². The minimum Gasteiger partial charge on any atom is -0.481 e. The predicted octanol–water partition coefficient (Wildman–Crippen LogP) is 4.18. The number of nitrogens with zero attached hydrogens (tertiary/aromatic N) is 4. The summed E-state index contributed by atoms with van der Waals surface area (Å²) in [5.74, 6) is -0.132. The Morgan fingerprint density at radius 2 is 1.93 bits per heavy atom. The summed E-state index contributed by atoms with van der Waals surface area (Å²) in [6.07, 6.45) is 5.11. The second-order valence-corrected chi connectivity index (χ2v) is 7.68. The zero-order valence-corrected chi connectivity index (χ0v) is 15.2. The number of fused-ring (bicyclic) bond motifs is 1. The molecule has 27 heavy (non-hydrogen) atoms. The fraction of sp³-hybridized carbons (Fsp3) is 0.632. The molecule has 2 aromatic rings. The van der Waals surface area contributed by atoms with Gasteiger partial charge >= 0.3 is 5.97 Å². The van der Waals surface area contributed by atoms with Crippen LogP contribution >= 0.6 is 0 Å². The van der Waals surface area contributed by atoms with Crippen molar-refractivity contribution in [2.45, 2.75) is 57.4 Å². The van der Waals surface area contributed by atoms with Crippen LogP contribution < -0.4 is 4.90 Å². The maximum absolute atomic E-state index is 13.7. The zero-order valence-electron chi connectivity index (χ0n) is 15.2. The Hall–Kier alpha value is -2.25. The number of pyridine rings is 1. The van der Waals surface area contributed by atoms with Gasteiger partial charge in [-0.1, -0.05) is 12.8 Å². The topological polar surface area (TPSA) is 71.2 Å². The molecule has 0 bridgehead atoms. The summed E-state index contributed by atoms with van der Waals surface area (Å²) in [5.41, 5.74) is 0.356. The molecule has 8 heteroatoms. The first-order valence-electron chi connectivity index (χ1n) is 9.66. The molecule has 2 aliphatic rings. The Bertz CT molecular complexity index is 824. The number of carboxylic acids is 1. The molecule has 1 aliphatic carbocycles. The highest BCUT2D eigenvalue weighted by molar-refractivity contribution is 5.81. The lowest BCUT2D eigenvalue weighted by Crippen LogP contribution is -2.35. The molecular formula is C19H24F2N4O2. The molecule has 2 fully saturated rings. The molecule has 1 aliphatic heterocycles. The van der Waals surface area contributed by atoms with Gasteiger partial charge in [0.25, 0.3) is 6.43 Å². The molecule has 1 N–H and O–H groups in total. The fourth-order valence-electron chi connectivity index (χ4n) is 4.34. The van der Waals surface area contributed by atoms with Crippen LogP contribution in [0.4, 0.5) is 14.6 Å². The summed E-state index contributed by atoms with van der Waals surface area (Å²) in [5, 5.41) is 13.9. The lowest BCUT2D eigenvalue weighted by atomic mass is 9.93. The number of carboxylic acid groups (broad SMARTS) is 1. The van der Waals surface area contributed by atoms with Crippen molar-refractivity contribution in [1.82, 2.24) is 14.8 Å². The van der Waals surface area contributed by atoms with E-state index < -0.39 is 12.4 Å². The second-order valence-electron chi connectivity index (χ2n) is 7.68. The van der Waals surface area contributed by atoms with Crippen molar-refractivity contribution in [1.29, 1.82) is 0 Å². The van der Waals surface area contributed by atoms with Crippen molar-refractivity contribution in [2.24, 2.45) is 5.92 Å². The van der Waals surface area contributed by atoms with Crippen molar-refractivity contribution in [3.05, 3.63) is 17.8 Å². The first-order chi connectivity index (χ1) is 13.0. The summed E-state index contributed by atoms with van der Waals surface area (Å²) in [4.78, 5) is 17.4. The van der Waals surface area contributed by atoms with Crippen LogP contribution in [0.3, 0.4) is 0 Å². The number of aromatic nitrogens is 3. The van der Waals surface area contributed by atoms with Gasteiger partial charge in [0, 0.05) is 36.7 Å².